The summed E-state index contributed by atoms with van der Waals surface area (Å²) in [5, 5.41) is 3.43. The molecule has 2 aliphatic rings. The minimum atomic E-state index is -0.331. The molecule has 0 saturated heterocycles. The van der Waals surface area contributed by atoms with E-state index < -0.39 is 0 Å². The van der Waals surface area contributed by atoms with Crippen molar-refractivity contribution in [3.63, 3.8) is 0 Å². The number of amides is 2. The van der Waals surface area contributed by atoms with Gasteiger partial charge in [-0.3, -0.25) is 14.5 Å². The van der Waals surface area contributed by atoms with E-state index in [0.29, 0.717) is 29.6 Å². The molecule has 1 aliphatic carbocycles. The SMILES string of the molecule is CCOc1ccc(N2C(=O)C(=Cc3ccc(C)cc3)N=C2SC(CC)C(=O)NC2CCCCC2)cc1. The summed E-state index contributed by atoms with van der Waals surface area (Å²) in [5.41, 5.74) is 3.12. The first-order chi connectivity index (χ1) is 17.5. The number of nitrogens with one attached hydrogen (secondary N) is 1. The highest BCUT2D eigenvalue weighted by Crippen LogP contribution is 2.33. The number of aliphatic imine (C=N–C) groups is 1. The van der Waals surface area contributed by atoms with Crippen molar-refractivity contribution in [1.29, 1.82) is 0 Å². The topological polar surface area (TPSA) is 71.0 Å². The Balaban J connectivity index is 1.60. The highest BCUT2D eigenvalue weighted by molar-refractivity contribution is 8.15. The Kier molecular flexibility index (Phi) is 8.86. The number of carbonyl (C=O) groups excluding carboxylic acids is 2. The van der Waals surface area contributed by atoms with Crippen LogP contribution >= 0.6 is 11.8 Å². The number of benzene rings is 2. The summed E-state index contributed by atoms with van der Waals surface area (Å²) in [4.78, 5) is 33.0. The van der Waals surface area contributed by atoms with E-state index in [1.807, 2.05) is 69.3 Å². The first-order valence-corrected chi connectivity index (χ1v) is 13.8. The number of carbonyl (C=O) groups is 2. The molecule has 0 bridgehead atoms. The standard InChI is InChI=1S/C29H35N3O3S/c1-4-26(27(33)30-22-9-7-6-8-10-22)36-29-31-25(19-21-13-11-20(3)12-14-21)28(34)32(29)23-15-17-24(18-16-23)35-5-2/h11-19,22,26H,4-10H2,1-3H3,(H,30,33). The van der Waals surface area contributed by atoms with Gasteiger partial charge < -0.3 is 10.1 Å². The summed E-state index contributed by atoms with van der Waals surface area (Å²) in [7, 11) is 0. The Labute approximate surface area is 218 Å². The van der Waals surface area contributed by atoms with Crippen molar-refractivity contribution in [3.8, 4) is 5.75 Å². The van der Waals surface area contributed by atoms with Crippen LogP contribution in [0.2, 0.25) is 0 Å². The fourth-order valence-corrected chi connectivity index (χ4v) is 5.51. The molecule has 0 aromatic heterocycles. The van der Waals surface area contributed by atoms with Crippen LogP contribution in [0.4, 0.5) is 5.69 Å². The molecule has 0 radical (unpaired) electrons. The number of aryl methyl sites for hydroxylation is 1. The molecule has 1 N–H and O–H groups in total. The molecule has 7 heteroatoms. The summed E-state index contributed by atoms with van der Waals surface area (Å²) in [6.07, 6.45) is 8.08. The van der Waals surface area contributed by atoms with Crippen molar-refractivity contribution in [3.05, 3.63) is 65.4 Å². The van der Waals surface area contributed by atoms with Crippen molar-refractivity contribution < 1.29 is 14.3 Å². The lowest BCUT2D eigenvalue weighted by Gasteiger charge is -2.26. The number of hydrogen-bond donors (Lipinski definition) is 1. The zero-order valence-electron chi connectivity index (χ0n) is 21.3. The van der Waals surface area contributed by atoms with Crippen LogP contribution in [0.3, 0.4) is 0 Å². The molecule has 1 fully saturated rings. The van der Waals surface area contributed by atoms with Gasteiger partial charge in [-0.05, 0) is 69.0 Å². The van der Waals surface area contributed by atoms with E-state index in [2.05, 4.69) is 5.32 Å². The molecule has 1 saturated carbocycles. The molecule has 1 aliphatic heterocycles. The summed E-state index contributed by atoms with van der Waals surface area (Å²) < 4.78 is 5.57. The third kappa shape index (κ3) is 6.38. The first-order valence-electron chi connectivity index (χ1n) is 12.9. The maximum Gasteiger partial charge on any atom is 0.283 e. The second kappa shape index (κ2) is 12.3. The number of hydrogen-bond acceptors (Lipinski definition) is 5. The van der Waals surface area contributed by atoms with Crippen LogP contribution in [0.25, 0.3) is 6.08 Å². The lowest BCUT2D eigenvalue weighted by Crippen LogP contribution is -2.42. The second-order valence-electron chi connectivity index (χ2n) is 9.26. The molecule has 4 rings (SSSR count). The number of anilines is 1. The molecule has 2 aromatic carbocycles. The van der Waals surface area contributed by atoms with Crippen LogP contribution in [-0.4, -0.2) is 34.9 Å². The van der Waals surface area contributed by atoms with Gasteiger partial charge in [-0.2, -0.15) is 0 Å². The largest absolute Gasteiger partial charge is 0.494 e. The number of amidine groups is 1. The fraction of sp³-hybridized carbons (Fsp3) is 0.414. The third-order valence-corrected chi connectivity index (χ3v) is 7.80. The molecular weight excluding hydrogens is 470 g/mol. The smallest absolute Gasteiger partial charge is 0.283 e. The van der Waals surface area contributed by atoms with Gasteiger partial charge in [-0.1, -0.05) is 67.8 Å². The Morgan fingerprint density at radius 3 is 2.44 bits per heavy atom. The normalized spacial score (nSPS) is 18.3. The molecule has 190 valence electrons. The van der Waals surface area contributed by atoms with Crippen LogP contribution in [0.5, 0.6) is 5.75 Å². The van der Waals surface area contributed by atoms with Crippen molar-refractivity contribution in [2.45, 2.75) is 70.6 Å². The molecule has 36 heavy (non-hydrogen) atoms. The second-order valence-corrected chi connectivity index (χ2v) is 10.4. The molecule has 1 heterocycles. The Morgan fingerprint density at radius 2 is 1.81 bits per heavy atom. The Morgan fingerprint density at radius 1 is 1.11 bits per heavy atom. The summed E-state index contributed by atoms with van der Waals surface area (Å²) >= 11 is 1.36. The molecule has 6 nitrogen and oxygen atoms in total. The van der Waals surface area contributed by atoms with Gasteiger partial charge in [0.05, 0.1) is 17.5 Å². The average Bonchev–Trinajstić information content (AvgIpc) is 3.19. The Bertz CT molecular complexity index is 1120. The lowest BCUT2D eigenvalue weighted by molar-refractivity contribution is -0.121. The maximum atomic E-state index is 13.6. The highest BCUT2D eigenvalue weighted by Gasteiger charge is 2.35. The summed E-state index contributed by atoms with van der Waals surface area (Å²) in [5.74, 6) is 0.560. The van der Waals surface area contributed by atoms with Gasteiger partial charge in [0.2, 0.25) is 5.91 Å². The van der Waals surface area contributed by atoms with E-state index in [1.165, 1.54) is 18.2 Å². The average molecular weight is 506 g/mol. The minimum Gasteiger partial charge on any atom is -0.494 e. The van der Waals surface area contributed by atoms with E-state index in [-0.39, 0.29) is 23.1 Å². The van der Waals surface area contributed by atoms with Crippen LogP contribution < -0.4 is 15.0 Å². The molecule has 2 amide bonds. The molecule has 2 aromatic rings. The van der Waals surface area contributed by atoms with Gasteiger partial charge in [-0.15, -0.1) is 0 Å². The fourth-order valence-electron chi connectivity index (χ4n) is 4.47. The van der Waals surface area contributed by atoms with Gasteiger partial charge in [-0.25, -0.2) is 4.99 Å². The maximum absolute atomic E-state index is 13.6. The van der Waals surface area contributed by atoms with E-state index in [1.54, 1.807) is 11.0 Å². The van der Waals surface area contributed by atoms with Crippen LogP contribution in [0.1, 0.15) is 63.5 Å². The van der Waals surface area contributed by atoms with Crippen molar-refractivity contribution in [2.75, 3.05) is 11.5 Å². The van der Waals surface area contributed by atoms with Crippen molar-refractivity contribution in [1.82, 2.24) is 5.32 Å². The lowest BCUT2D eigenvalue weighted by atomic mass is 9.95. The monoisotopic (exact) mass is 505 g/mol. The molecule has 0 spiro atoms. The van der Waals surface area contributed by atoms with Crippen molar-refractivity contribution in [2.24, 2.45) is 4.99 Å². The molecule has 1 atom stereocenters. The summed E-state index contributed by atoms with van der Waals surface area (Å²) in [6, 6.07) is 15.6. The van der Waals surface area contributed by atoms with E-state index in [0.717, 1.165) is 42.6 Å². The number of thioether (sulfide) groups is 1. The van der Waals surface area contributed by atoms with Gasteiger partial charge in [0.15, 0.2) is 5.17 Å². The quantitative estimate of drug-likeness (QED) is 0.440. The highest BCUT2D eigenvalue weighted by atomic mass is 32.2. The number of rotatable bonds is 8. The number of nitrogens with zero attached hydrogens (tertiary/aromatic N) is 2. The van der Waals surface area contributed by atoms with Crippen LogP contribution in [0.15, 0.2) is 59.2 Å². The minimum absolute atomic E-state index is 0.0205. The van der Waals surface area contributed by atoms with Gasteiger partial charge in [0.1, 0.15) is 11.4 Å². The zero-order chi connectivity index (χ0) is 25.5. The van der Waals surface area contributed by atoms with Crippen LogP contribution in [-0.2, 0) is 9.59 Å². The third-order valence-electron chi connectivity index (χ3n) is 6.48. The zero-order valence-corrected chi connectivity index (χ0v) is 22.1. The summed E-state index contributed by atoms with van der Waals surface area (Å²) in [6.45, 7) is 6.54. The van der Waals surface area contributed by atoms with Gasteiger partial charge in [0, 0.05) is 6.04 Å². The molecule has 1 unspecified atom stereocenters. The van der Waals surface area contributed by atoms with Gasteiger partial charge >= 0.3 is 0 Å². The van der Waals surface area contributed by atoms with E-state index in [9.17, 15) is 9.59 Å². The predicted molar refractivity (Wildman–Crippen MR) is 148 cm³/mol. The van der Waals surface area contributed by atoms with E-state index in [4.69, 9.17) is 9.73 Å². The first kappa shape index (κ1) is 26.0. The van der Waals surface area contributed by atoms with Crippen LogP contribution in [0, 0.1) is 6.92 Å². The van der Waals surface area contributed by atoms with Gasteiger partial charge in [0.25, 0.3) is 5.91 Å². The number of ether oxygens (including phenoxy) is 1. The Hall–Kier alpha value is -3.06. The van der Waals surface area contributed by atoms with E-state index >= 15 is 0 Å². The van der Waals surface area contributed by atoms with Crippen molar-refractivity contribution >= 4 is 40.5 Å². The molecular formula is C29H35N3O3S. The predicted octanol–water partition coefficient (Wildman–Crippen LogP) is 6.10.